The number of hydrogen-bond acceptors (Lipinski definition) is 5. The van der Waals surface area contributed by atoms with Crippen molar-refractivity contribution < 1.29 is 14.7 Å². The van der Waals surface area contributed by atoms with E-state index in [1.54, 1.807) is 12.1 Å². The molecule has 0 bridgehead atoms. The number of rotatable bonds is 3. The predicted molar refractivity (Wildman–Crippen MR) is 80.0 cm³/mol. The van der Waals surface area contributed by atoms with E-state index in [4.69, 9.17) is 4.52 Å². The average Bonchev–Trinajstić information content (AvgIpc) is 2.90. The molecule has 5 nitrogen and oxygen atoms in total. The summed E-state index contributed by atoms with van der Waals surface area (Å²) < 4.78 is 6.13. The molecule has 0 amide bonds. The highest BCUT2D eigenvalue weighted by atomic mass is 79.9. The second kappa shape index (κ2) is 5.57. The zero-order valence-electron chi connectivity index (χ0n) is 10.8. The van der Waals surface area contributed by atoms with Crippen molar-refractivity contribution in [2.24, 2.45) is 0 Å². The van der Waals surface area contributed by atoms with Crippen LogP contribution in [0.5, 0.6) is 11.5 Å². The van der Waals surface area contributed by atoms with Gasteiger partial charge in [-0.2, -0.15) is 4.98 Å². The second-order valence-electron chi connectivity index (χ2n) is 4.50. The molecule has 106 valence electrons. The summed E-state index contributed by atoms with van der Waals surface area (Å²) in [5, 5.41) is 23.2. The van der Waals surface area contributed by atoms with Crippen molar-refractivity contribution in [3.05, 3.63) is 58.3 Å². The number of benzene rings is 2. The highest BCUT2D eigenvalue weighted by Crippen LogP contribution is 2.35. The zero-order chi connectivity index (χ0) is 14.8. The molecule has 1 heterocycles. The van der Waals surface area contributed by atoms with E-state index in [9.17, 15) is 10.2 Å². The lowest BCUT2D eigenvalue weighted by Crippen LogP contribution is -1.90. The van der Waals surface area contributed by atoms with Crippen LogP contribution in [0, 0.1) is 0 Å². The fourth-order valence-electron chi connectivity index (χ4n) is 1.97. The van der Waals surface area contributed by atoms with Gasteiger partial charge < -0.3 is 14.7 Å². The van der Waals surface area contributed by atoms with E-state index in [2.05, 4.69) is 26.1 Å². The topological polar surface area (TPSA) is 79.4 Å². The summed E-state index contributed by atoms with van der Waals surface area (Å²) in [5.41, 5.74) is 1.35. The molecule has 6 heteroatoms. The van der Waals surface area contributed by atoms with E-state index in [0.29, 0.717) is 17.8 Å². The summed E-state index contributed by atoms with van der Waals surface area (Å²) in [4.78, 5) is 4.24. The van der Waals surface area contributed by atoms with Gasteiger partial charge in [0.25, 0.3) is 5.89 Å². The molecule has 0 aliphatic rings. The van der Waals surface area contributed by atoms with Crippen molar-refractivity contribution >= 4 is 15.9 Å². The monoisotopic (exact) mass is 346 g/mol. The van der Waals surface area contributed by atoms with Gasteiger partial charge >= 0.3 is 0 Å². The summed E-state index contributed by atoms with van der Waals surface area (Å²) in [6.45, 7) is 0. The van der Waals surface area contributed by atoms with Crippen molar-refractivity contribution in [2.75, 3.05) is 0 Å². The highest BCUT2D eigenvalue weighted by Gasteiger charge is 2.15. The first kappa shape index (κ1) is 13.6. The minimum Gasteiger partial charge on any atom is -0.504 e. The van der Waals surface area contributed by atoms with Gasteiger partial charge in [-0.3, -0.25) is 0 Å². The van der Waals surface area contributed by atoms with E-state index in [-0.39, 0.29) is 17.4 Å². The molecule has 21 heavy (non-hydrogen) atoms. The predicted octanol–water partition coefficient (Wildman–Crippen LogP) is 3.50. The lowest BCUT2D eigenvalue weighted by molar-refractivity contribution is 0.396. The van der Waals surface area contributed by atoms with Gasteiger partial charge in [0.1, 0.15) is 0 Å². The Morgan fingerprint density at radius 3 is 2.71 bits per heavy atom. The van der Waals surface area contributed by atoms with Crippen LogP contribution in [0.4, 0.5) is 0 Å². The number of aromatic nitrogens is 2. The molecule has 0 saturated carbocycles. The van der Waals surface area contributed by atoms with E-state index in [0.717, 1.165) is 10.0 Å². The highest BCUT2D eigenvalue weighted by molar-refractivity contribution is 9.10. The zero-order valence-corrected chi connectivity index (χ0v) is 12.4. The van der Waals surface area contributed by atoms with Gasteiger partial charge in [-0.25, -0.2) is 0 Å². The molecule has 3 rings (SSSR count). The number of nitrogens with zero attached hydrogens (tertiary/aromatic N) is 2. The third-order valence-corrected chi connectivity index (χ3v) is 3.46. The summed E-state index contributed by atoms with van der Waals surface area (Å²) in [5.74, 6) is 0.189. The minimum atomic E-state index is -0.268. The largest absolute Gasteiger partial charge is 0.504 e. The molecule has 2 N–H and O–H groups in total. The molecule has 0 aliphatic carbocycles. The summed E-state index contributed by atoms with van der Waals surface area (Å²) >= 11 is 3.41. The Balaban J connectivity index is 1.88. The van der Waals surface area contributed by atoms with Crippen LogP contribution in [-0.2, 0) is 6.42 Å². The number of halogens is 1. The van der Waals surface area contributed by atoms with Crippen molar-refractivity contribution in [2.45, 2.75) is 6.42 Å². The molecule has 2 aromatic carbocycles. The SMILES string of the molecule is Oc1cccc(-c2nc(Cc3cccc(Br)c3)no2)c1O. The Morgan fingerprint density at radius 1 is 1.10 bits per heavy atom. The van der Waals surface area contributed by atoms with E-state index in [1.807, 2.05) is 24.3 Å². The van der Waals surface area contributed by atoms with Gasteiger partial charge in [-0.15, -0.1) is 0 Å². The molecule has 0 aliphatic heterocycles. The Kier molecular flexibility index (Phi) is 3.62. The molecule has 0 atom stereocenters. The number of aromatic hydroxyl groups is 2. The van der Waals surface area contributed by atoms with Gasteiger partial charge in [0.2, 0.25) is 0 Å². The van der Waals surface area contributed by atoms with Gasteiger partial charge in [0.15, 0.2) is 17.3 Å². The molecule has 0 unspecified atom stereocenters. The number of para-hydroxylation sites is 1. The summed E-state index contributed by atoms with van der Waals surface area (Å²) in [6.07, 6.45) is 0.516. The van der Waals surface area contributed by atoms with Crippen LogP contribution in [0.25, 0.3) is 11.5 Å². The van der Waals surface area contributed by atoms with Crippen LogP contribution in [-0.4, -0.2) is 20.4 Å². The maximum Gasteiger partial charge on any atom is 0.261 e. The Bertz CT molecular complexity index is 786. The first-order valence-corrected chi connectivity index (χ1v) is 7.01. The number of phenolic OH excluding ortho intramolecular Hbond substituents is 2. The van der Waals surface area contributed by atoms with Crippen LogP contribution < -0.4 is 0 Å². The van der Waals surface area contributed by atoms with E-state index < -0.39 is 0 Å². The van der Waals surface area contributed by atoms with Crippen molar-refractivity contribution in [3.8, 4) is 23.0 Å². The molecule has 0 saturated heterocycles. The second-order valence-corrected chi connectivity index (χ2v) is 5.41. The number of phenols is 2. The normalized spacial score (nSPS) is 10.7. The van der Waals surface area contributed by atoms with Crippen LogP contribution in [0.15, 0.2) is 51.5 Å². The molecular weight excluding hydrogens is 336 g/mol. The molecule has 0 fully saturated rings. The lowest BCUT2D eigenvalue weighted by Gasteiger charge is -2.00. The third kappa shape index (κ3) is 2.90. The number of hydrogen-bond donors (Lipinski definition) is 2. The van der Waals surface area contributed by atoms with Crippen LogP contribution in [0.1, 0.15) is 11.4 Å². The molecule has 0 radical (unpaired) electrons. The maximum absolute atomic E-state index is 9.80. The first-order valence-electron chi connectivity index (χ1n) is 6.22. The Hall–Kier alpha value is -2.34. The molecular formula is C15H11BrN2O3. The third-order valence-electron chi connectivity index (χ3n) is 2.96. The van der Waals surface area contributed by atoms with Crippen LogP contribution in [0.3, 0.4) is 0 Å². The van der Waals surface area contributed by atoms with E-state index in [1.165, 1.54) is 6.07 Å². The van der Waals surface area contributed by atoms with E-state index >= 15 is 0 Å². The minimum absolute atomic E-state index is 0.174. The van der Waals surface area contributed by atoms with Crippen molar-refractivity contribution in [1.82, 2.24) is 10.1 Å². The van der Waals surface area contributed by atoms with Gasteiger partial charge in [-0.05, 0) is 29.8 Å². The molecule has 1 aromatic heterocycles. The maximum atomic E-state index is 9.80. The summed E-state index contributed by atoms with van der Waals surface area (Å²) in [7, 11) is 0. The Labute approximate surface area is 129 Å². The molecule has 0 spiro atoms. The fourth-order valence-corrected chi connectivity index (χ4v) is 2.42. The first-order chi connectivity index (χ1) is 10.1. The summed E-state index contributed by atoms with van der Waals surface area (Å²) in [6, 6.07) is 12.4. The smallest absolute Gasteiger partial charge is 0.261 e. The Morgan fingerprint density at radius 2 is 1.90 bits per heavy atom. The van der Waals surface area contributed by atoms with Crippen LogP contribution >= 0.6 is 15.9 Å². The van der Waals surface area contributed by atoms with Crippen molar-refractivity contribution in [1.29, 1.82) is 0 Å². The lowest BCUT2D eigenvalue weighted by atomic mass is 10.1. The van der Waals surface area contributed by atoms with Gasteiger partial charge in [0.05, 0.1) is 5.56 Å². The average molecular weight is 347 g/mol. The molecule has 3 aromatic rings. The van der Waals surface area contributed by atoms with Crippen molar-refractivity contribution in [3.63, 3.8) is 0 Å². The van der Waals surface area contributed by atoms with Gasteiger partial charge in [-0.1, -0.05) is 39.3 Å². The standard InChI is InChI=1S/C15H11BrN2O3/c16-10-4-1-3-9(7-10)8-13-17-15(21-18-13)11-5-2-6-12(19)14(11)20/h1-7,19-20H,8H2. The fraction of sp³-hybridized carbons (Fsp3) is 0.0667. The quantitative estimate of drug-likeness (QED) is 0.709. The van der Waals surface area contributed by atoms with Gasteiger partial charge in [0, 0.05) is 10.9 Å². The van der Waals surface area contributed by atoms with Crippen LogP contribution in [0.2, 0.25) is 0 Å².